The van der Waals surface area contributed by atoms with Crippen LogP contribution in [0, 0.1) is 10.1 Å². The first kappa shape index (κ1) is 7.30. The summed E-state index contributed by atoms with van der Waals surface area (Å²) < 4.78 is 0. The van der Waals surface area contributed by atoms with Gasteiger partial charge in [-0.2, -0.15) is 0 Å². The molecule has 0 aliphatic rings. The topological polar surface area (TPSA) is 71.8 Å². The minimum atomic E-state index is -0.718. The molecule has 0 aromatic carbocycles. The predicted molar refractivity (Wildman–Crippen MR) is 35.3 cm³/mol. The highest BCUT2D eigenvalue weighted by atomic mass is 35.5. The summed E-state index contributed by atoms with van der Waals surface area (Å²) in [6.07, 6.45) is 0. The second-order valence-corrected chi connectivity index (χ2v) is 2.16. The van der Waals surface area contributed by atoms with Crippen molar-refractivity contribution in [1.29, 1.82) is 0 Å². The number of imidazole rings is 1. The Morgan fingerprint density at radius 3 is 2.40 bits per heavy atom. The van der Waals surface area contributed by atoms with Crippen molar-refractivity contribution in [3.63, 3.8) is 0 Å². The zero-order valence-corrected chi connectivity index (χ0v) is 5.98. The van der Waals surface area contributed by atoms with E-state index in [1.54, 1.807) is 0 Å². The minimum absolute atomic E-state index is 0.0864. The molecule has 0 amide bonds. The Morgan fingerprint density at radius 2 is 2.20 bits per heavy atom. The van der Waals surface area contributed by atoms with E-state index in [1.165, 1.54) is 0 Å². The van der Waals surface area contributed by atoms with Gasteiger partial charge in [0.2, 0.25) is 5.15 Å². The molecule has 0 unspecified atom stereocenters. The standard InChI is InChI=1S/C3HCl2N3O2/c4-1-2(8(9)10)7-3(5)6-1/h(H,6,7). The summed E-state index contributed by atoms with van der Waals surface area (Å²) in [5.41, 5.74) is 0. The molecule has 1 aromatic rings. The molecule has 54 valence electrons. The van der Waals surface area contributed by atoms with Crippen molar-refractivity contribution < 1.29 is 4.92 Å². The van der Waals surface area contributed by atoms with E-state index in [4.69, 9.17) is 23.2 Å². The number of H-pyrrole nitrogens is 1. The van der Waals surface area contributed by atoms with E-state index in [0.717, 1.165) is 0 Å². The van der Waals surface area contributed by atoms with E-state index in [1.807, 2.05) is 0 Å². The maximum Gasteiger partial charge on any atom is 0.402 e. The van der Waals surface area contributed by atoms with Crippen LogP contribution in [-0.2, 0) is 0 Å². The third kappa shape index (κ3) is 1.19. The SMILES string of the molecule is O=[N+]([O-])c1nc(Cl)[nH]c1Cl. The Labute approximate surface area is 65.1 Å². The van der Waals surface area contributed by atoms with Crippen LogP contribution >= 0.6 is 23.2 Å². The van der Waals surface area contributed by atoms with Crippen LogP contribution in [0.5, 0.6) is 0 Å². The van der Waals surface area contributed by atoms with Gasteiger partial charge in [0.25, 0.3) is 0 Å². The number of aromatic amines is 1. The van der Waals surface area contributed by atoms with Crippen molar-refractivity contribution in [3.8, 4) is 0 Å². The Balaban J connectivity index is 3.15. The molecule has 1 heterocycles. The van der Waals surface area contributed by atoms with E-state index in [2.05, 4.69) is 9.97 Å². The fourth-order valence-corrected chi connectivity index (χ4v) is 0.861. The van der Waals surface area contributed by atoms with Crippen LogP contribution in [0.15, 0.2) is 0 Å². The number of nitro groups is 1. The number of halogens is 2. The summed E-state index contributed by atoms with van der Waals surface area (Å²) in [6.45, 7) is 0. The first-order valence-corrected chi connectivity index (χ1v) is 2.92. The van der Waals surface area contributed by atoms with E-state index in [0.29, 0.717) is 0 Å². The van der Waals surface area contributed by atoms with Crippen LogP contribution in [-0.4, -0.2) is 14.9 Å². The van der Waals surface area contributed by atoms with Crippen molar-refractivity contribution >= 4 is 29.0 Å². The van der Waals surface area contributed by atoms with Crippen LogP contribution in [0.1, 0.15) is 0 Å². The quantitative estimate of drug-likeness (QED) is 0.529. The molecule has 1 N–H and O–H groups in total. The average molecular weight is 182 g/mol. The average Bonchev–Trinajstić information content (AvgIpc) is 2.10. The fraction of sp³-hybridized carbons (Fsp3) is 0. The zero-order chi connectivity index (χ0) is 7.72. The molecule has 7 heteroatoms. The Bertz CT molecular complexity index is 271. The Hall–Kier alpha value is -0.810. The van der Waals surface area contributed by atoms with Crippen molar-refractivity contribution in [1.82, 2.24) is 9.97 Å². The highest BCUT2D eigenvalue weighted by Gasteiger charge is 2.18. The van der Waals surface area contributed by atoms with Gasteiger partial charge in [-0.25, -0.2) is 0 Å². The smallest absolute Gasteiger partial charge is 0.358 e. The van der Waals surface area contributed by atoms with Gasteiger partial charge in [0.05, 0.1) is 0 Å². The lowest BCUT2D eigenvalue weighted by molar-refractivity contribution is -0.389. The number of rotatable bonds is 1. The van der Waals surface area contributed by atoms with Crippen molar-refractivity contribution in [2.75, 3.05) is 0 Å². The van der Waals surface area contributed by atoms with E-state index < -0.39 is 10.7 Å². The molecule has 0 saturated carbocycles. The number of aromatic nitrogens is 2. The largest absolute Gasteiger partial charge is 0.402 e. The molecule has 0 atom stereocenters. The summed E-state index contributed by atoms with van der Waals surface area (Å²) in [4.78, 5) is 14.9. The number of nitrogens with zero attached hydrogens (tertiary/aromatic N) is 2. The monoisotopic (exact) mass is 181 g/mol. The fourth-order valence-electron chi connectivity index (χ4n) is 0.437. The minimum Gasteiger partial charge on any atom is -0.358 e. The summed E-state index contributed by atoms with van der Waals surface area (Å²) in [5, 5.41) is 9.77. The van der Waals surface area contributed by atoms with Gasteiger partial charge in [-0.05, 0) is 21.5 Å². The van der Waals surface area contributed by atoms with Gasteiger partial charge in [0.1, 0.15) is 0 Å². The molecule has 5 nitrogen and oxygen atoms in total. The van der Waals surface area contributed by atoms with Crippen LogP contribution in [0.2, 0.25) is 10.4 Å². The zero-order valence-electron chi connectivity index (χ0n) is 4.47. The van der Waals surface area contributed by atoms with Crippen LogP contribution in [0.3, 0.4) is 0 Å². The van der Waals surface area contributed by atoms with Gasteiger partial charge in [0, 0.05) is 0 Å². The molecule has 0 saturated heterocycles. The van der Waals surface area contributed by atoms with Gasteiger partial charge < -0.3 is 10.1 Å². The number of hydrogen-bond acceptors (Lipinski definition) is 3. The maximum absolute atomic E-state index is 10.0. The molecular weight excluding hydrogens is 181 g/mol. The van der Waals surface area contributed by atoms with Gasteiger partial charge >= 0.3 is 11.1 Å². The number of nitrogens with one attached hydrogen (secondary N) is 1. The Kier molecular flexibility index (Phi) is 1.78. The van der Waals surface area contributed by atoms with Gasteiger partial charge in [-0.15, -0.1) is 0 Å². The third-order valence-corrected chi connectivity index (χ3v) is 1.23. The van der Waals surface area contributed by atoms with Gasteiger partial charge in [-0.1, -0.05) is 11.6 Å². The lowest BCUT2D eigenvalue weighted by Crippen LogP contribution is -1.87. The molecule has 0 aliphatic heterocycles. The predicted octanol–water partition coefficient (Wildman–Crippen LogP) is 1.62. The van der Waals surface area contributed by atoms with Crippen LogP contribution < -0.4 is 0 Å². The molecule has 0 fully saturated rings. The van der Waals surface area contributed by atoms with Crippen molar-refractivity contribution in [2.45, 2.75) is 0 Å². The normalized spacial score (nSPS) is 9.80. The summed E-state index contributed by atoms with van der Waals surface area (Å²) in [7, 11) is 0. The highest BCUT2D eigenvalue weighted by Crippen LogP contribution is 2.21. The van der Waals surface area contributed by atoms with Gasteiger partial charge in [0.15, 0.2) is 0 Å². The number of hydrogen-bond donors (Lipinski definition) is 1. The molecule has 0 bridgehead atoms. The third-order valence-electron chi connectivity index (χ3n) is 0.786. The van der Waals surface area contributed by atoms with E-state index >= 15 is 0 Å². The van der Waals surface area contributed by atoms with Crippen molar-refractivity contribution in [3.05, 3.63) is 20.6 Å². The second kappa shape index (κ2) is 2.43. The van der Waals surface area contributed by atoms with E-state index in [-0.39, 0.29) is 10.4 Å². The Morgan fingerprint density at radius 1 is 1.60 bits per heavy atom. The molecule has 0 spiro atoms. The summed E-state index contributed by atoms with van der Waals surface area (Å²) in [6, 6.07) is 0. The molecule has 1 aromatic heterocycles. The van der Waals surface area contributed by atoms with Crippen LogP contribution in [0.4, 0.5) is 5.82 Å². The first-order valence-electron chi connectivity index (χ1n) is 2.16. The van der Waals surface area contributed by atoms with Gasteiger partial charge in [-0.3, -0.25) is 4.98 Å². The lowest BCUT2D eigenvalue weighted by Gasteiger charge is -1.84. The first-order chi connectivity index (χ1) is 4.61. The lowest BCUT2D eigenvalue weighted by atomic mass is 10.8. The summed E-state index contributed by atoms with van der Waals surface area (Å²) in [5.74, 6) is -0.452. The molecule has 1 rings (SSSR count). The highest BCUT2D eigenvalue weighted by molar-refractivity contribution is 6.33. The molecule has 0 radical (unpaired) electrons. The van der Waals surface area contributed by atoms with E-state index in [9.17, 15) is 10.1 Å². The van der Waals surface area contributed by atoms with Crippen LogP contribution in [0.25, 0.3) is 0 Å². The molecule has 0 aliphatic carbocycles. The maximum atomic E-state index is 10.0. The summed E-state index contributed by atoms with van der Waals surface area (Å²) >= 11 is 10.6. The molecule has 10 heavy (non-hydrogen) atoms. The molecular formula is C3HCl2N3O2. The second-order valence-electron chi connectivity index (χ2n) is 1.42. The van der Waals surface area contributed by atoms with Crippen molar-refractivity contribution in [2.24, 2.45) is 0 Å².